The SMILES string of the molecule is OCC1OC(c2c(O)cccc2O)C(O)C(O)C1O. The third-order valence-electron chi connectivity index (χ3n) is 3.24. The summed E-state index contributed by atoms with van der Waals surface area (Å²) in [5.74, 6) is -0.631. The molecule has 1 aliphatic rings. The zero-order valence-electron chi connectivity index (χ0n) is 9.92. The molecule has 106 valence electrons. The smallest absolute Gasteiger partial charge is 0.125 e. The number of phenolic OH excluding ortho intramolecular Hbond substituents is 2. The predicted molar refractivity (Wildman–Crippen MR) is 62.5 cm³/mol. The second-order valence-corrected chi connectivity index (χ2v) is 4.46. The third-order valence-corrected chi connectivity index (χ3v) is 3.24. The minimum Gasteiger partial charge on any atom is -0.507 e. The van der Waals surface area contributed by atoms with Crippen LogP contribution in [0.5, 0.6) is 11.5 Å². The molecule has 1 saturated heterocycles. The molecule has 0 radical (unpaired) electrons. The fourth-order valence-electron chi connectivity index (χ4n) is 2.17. The first-order chi connectivity index (χ1) is 8.97. The molecule has 1 aliphatic heterocycles. The first-order valence-electron chi connectivity index (χ1n) is 5.78. The topological polar surface area (TPSA) is 131 Å². The minimum atomic E-state index is -1.56. The molecule has 7 nitrogen and oxygen atoms in total. The van der Waals surface area contributed by atoms with E-state index in [1.807, 2.05) is 0 Å². The number of benzene rings is 1. The Bertz CT molecular complexity index is 427. The van der Waals surface area contributed by atoms with Crippen molar-refractivity contribution >= 4 is 0 Å². The molecule has 7 heteroatoms. The molecule has 5 unspecified atom stereocenters. The number of aromatic hydroxyl groups is 2. The molecular weight excluding hydrogens is 256 g/mol. The number of aliphatic hydroxyl groups is 4. The Morgan fingerprint density at radius 1 is 0.947 bits per heavy atom. The molecular formula is C12H16O7. The largest absolute Gasteiger partial charge is 0.507 e. The summed E-state index contributed by atoms with van der Waals surface area (Å²) in [4.78, 5) is 0. The van der Waals surface area contributed by atoms with Gasteiger partial charge in [-0.1, -0.05) is 6.07 Å². The van der Waals surface area contributed by atoms with Crippen molar-refractivity contribution in [3.63, 3.8) is 0 Å². The van der Waals surface area contributed by atoms with Crippen molar-refractivity contribution < 1.29 is 35.4 Å². The van der Waals surface area contributed by atoms with Crippen LogP contribution in [0.4, 0.5) is 0 Å². The van der Waals surface area contributed by atoms with Gasteiger partial charge in [-0.25, -0.2) is 0 Å². The molecule has 1 fully saturated rings. The average molecular weight is 272 g/mol. The lowest BCUT2D eigenvalue weighted by molar-refractivity contribution is -0.232. The van der Waals surface area contributed by atoms with Crippen molar-refractivity contribution in [3.8, 4) is 11.5 Å². The molecule has 1 aromatic rings. The highest BCUT2D eigenvalue weighted by atomic mass is 16.5. The van der Waals surface area contributed by atoms with Gasteiger partial charge < -0.3 is 35.4 Å². The molecule has 6 N–H and O–H groups in total. The number of hydrogen-bond acceptors (Lipinski definition) is 7. The number of hydrogen-bond donors (Lipinski definition) is 6. The van der Waals surface area contributed by atoms with Crippen molar-refractivity contribution in [2.75, 3.05) is 6.61 Å². The number of aliphatic hydroxyl groups excluding tert-OH is 4. The first-order valence-corrected chi connectivity index (χ1v) is 5.78. The lowest BCUT2D eigenvalue weighted by Gasteiger charge is -2.40. The van der Waals surface area contributed by atoms with Gasteiger partial charge in [-0.05, 0) is 12.1 Å². The van der Waals surface area contributed by atoms with E-state index in [1.165, 1.54) is 18.2 Å². The standard InChI is InChI=1S/C12H16O7/c13-4-7-9(16)10(17)11(18)12(19-7)8-5(14)2-1-3-6(8)15/h1-3,7,9-18H,4H2. The van der Waals surface area contributed by atoms with E-state index in [0.717, 1.165) is 0 Å². The van der Waals surface area contributed by atoms with Gasteiger partial charge >= 0.3 is 0 Å². The number of ether oxygens (including phenoxy) is 1. The fourth-order valence-corrected chi connectivity index (χ4v) is 2.17. The Balaban J connectivity index is 2.38. The van der Waals surface area contributed by atoms with Gasteiger partial charge in [0.25, 0.3) is 0 Å². The zero-order valence-corrected chi connectivity index (χ0v) is 9.92. The molecule has 1 aromatic carbocycles. The molecule has 1 heterocycles. The molecule has 0 aliphatic carbocycles. The summed E-state index contributed by atoms with van der Waals surface area (Å²) in [5.41, 5.74) is -0.0978. The maximum Gasteiger partial charge on any atom is 0.125 e. The second kappa shape index (κ2) is 5.32. The van der Waals surface area contributed by atoms with Crippen LogP contribution in [0.1, 0.15) is 11.7 Å². The molecule has 0 bridgehead atoms. The van der Waals surface area contributed by atoms with Gasteiger partial charge in [0.05, 0.1) is 12.2 Å². The second-order valence-electron chi connectivity index (χ2n) is 4.46. The molecule has 2 rings (SSSR count). The van der Waals surface area contributed by atoms with E-state index in [1.54, 1.807) is 0 Å². The van der Waals surface area contributed by atoms with Crippen molar-refractivity contribution in [2.45, 2.75) is 30.5 Å². The molecule has 19 heavy (non-hydrogen) atoms. The van der Waals surface area contributed by atoms with Gasteiger partial charge in [0.15, 0.2) is 0 Å². The van der Waals surface area contributed by atoms with E-state index < -0.39 is 37.1 Å². The van der Waals surface area contributed by atoms with E-state index in [-0.39, 0.29) is 17.1 Å². The van der Waals surface area contributed by atoms with E-state index in [0.29, 0.717) is 0 Å². The summed E-state index contributed by atoms with van der Waals surface area (Å²) in [5, 5.41) is 57.7. The summed E-state index contributed by atoms with van der Waals surface area (Å²) in [7, 11) is 0. The van der Waals surface area contributed by atoms with E-state index in [9.17, 15) is 25.5 Å². The van der Waals surface area contributed by atoms with Crippen LogP contribution < -0.4 is 0 Å². The van der Waals surface area contributed by atoms with Gasteiger partial charge in [0.2, 0.25) is 0 Å². The summed E-state index contributed by atoms with van der Waals surface area (Å²) < 4.78 is 5.25. The molecule has 0 aromatic heterocycles. The van der Waals surface area contributed by atoms with Gasteiger partial charge in [-0.15, -0.1) is 0 Å². The molecule has 0 spiro atoms. The Kier molecular flexibility index (Phi) is 3.93. The Morgan fingerprint density at radius 3 is 2.05 bits per heavy atom. The van der Waals surface area contributed by atoms with Crippen LogP contribution in [-0.2, 0) is 4.74 Å². The van der Waals surface area contributed by atoms with Gasteiger partial charge in [-0.3, -0.25) is 0 Å². The highest BCUT2D eigenvalue weighted by molar-refractivity contribution is 5.45. The average Bonchev–Trinajstić information content (AvgIpc) is 2.38. The van der Waals surface area contributed by atoms with E-state index in [4.69, 9.17) is 9.84 Å². The maximum atomic E-state index is 9.88. The summed E-state index contributed by atoms with van der Waals surface area (Å²) in [6, 6.07) is 3.98. The van der Waals surface area contributed by atoms with E-state index >= 15 is 0 Å². The number of phenols is 2. The van der Waals surface area contributed by atoms with Gasteiger partial charge in [-0.2, -0.15) is 0 Å². The fraction of sp³-hybridized carbons (Fsp3) is 0.500. The summed E-state index contributed by atoms with van der Waals surface area (Å²) in [6.45, 7) is -0.574. The maximum absolute atomic E-state index is 9.88. The Morgan fingerprint density at radius 2 is 1.53 bits per heavy atom. The normalized spacial score (nSPS) is 35.3. The zero-order chi connectivity index (χ0) is 14.2. The van der Waals surface area contributed by atoms with Crippen LogP contribution in [0.25, 0.3) is 0 Å². The highest BCUT2D eigenvalue weighted by Gasteiger charge is 2.45. The van der Waals surface area contributed by atoms with Crippen molar-refractivity contribution in [1.82, 2.24) is 0 Å². The Hall–Kier alpha value is -1.38. The van der Waals surface area contributed by atoms with Crippen LogP contribution in [0.15, 0.2) is 18.2 Å². The van der Waals surface area contributed by atoms with Crippen LogP contribution >= 0.6 is 0 Å². The molecule has 0 saturated carbocycles. The van der Waals surface area contributed by atoms with Gasteiger partial charge in [0, 0.05) is 0 Å². The van der Waals surface area contributed by atoms with E-state index in [2.05, 4.69) is 0 Å². The Labute approximate surface area is 108 Å². The quantitative estimate of drug-likeness (QED) is 0.391. The predicted octanol–water partition coefficient (Wildman–Crippen LogP) is -1.39. The minimum absolute atomic E-state index is 0.0978. The van der Waals surface area contributed by atoms with Crippen LogP contribution in [-0.4, -0.2) is 61.7 Å². The first kappa shape index (κ1) is 14.0. The molecule has 0 amide bonds. The molecule has 5 atom stereocenters. The highest BCUT2D eigenvalue weighted by Crippen LogP contribution is 2.40. The van der Waals surface area contributed by atoms with Crippen molar-refractivity contribution in [3.05, 3.63) is 23.8 Å². The summed E-state index contributed by atoms with van der Waals surface area (Å²) >= 11 is 0. The third kappa shape index (κ3) is 2.38. The monoisotopic (exact) mass is 272 g/mol. The van der Waals surface area contributed by atoms with Crippen molar-refractivity contribution in [1.29, 1.82) is 0 Å². The van der Waals surface area contributed by atoms with Crippen LogP contribution in [0, 0.1) is 0 Å². The van der Waals surface area contributed by atoms with Crippen molar-refractivity contribution in [2.24, 2.45) is 0 Å². The van der Waals surface area contributed by atoms with Crippen LogP contribution in [0.2, 0.25) is 0 Å². The van der Waals surface area contributed by atoms with Gasteiger partial charge in [0.1, 0.15) is 42.0 Å². The summed E-state index contributed by atoms with van der Waals surface area (Å²) in [6.07, 6.45) is -6.93. The number of rotatable bonds is 2. The van der Waals surface area contributed by atoms with Crippen LogP contribution in [0.3, 0.4) is 0 Å². The lowest BCUT2D eigenvalue weighted by atomic mass is 9.90. The lowest BCUT2D eigenvalue weighted by Crippen LogP contribution is -2.55.